The lowest BCUT2D eigenvalue weighted by Crippen LogP contribution is -2.30. The van der Waals surface area contributed by atoms with E-state index in [2.05, 4.69) is 20.5 Å². The summed E-state index contributed by atoms with van der Waals surface area (Å²) in [5, 5.41) is 6.40. The number of ether oxygens (including phenoxy) is 1. The number of amides is 1. The number of hydrogen-bond donors (Lipinski definition) is 2. The fraction of sp³-hybridized carbons (Fsp3) is 0.370. The van der Waals surface area contributed by atoms with Crippen molar-refractivity contribution in [3.8, 4) is 5.75 Å². The number of nitrogens with zero attached hydrogens (tertiary/aromatic N) is 3. The van der Waals surface area contributed by atoms with E-state index >= 15 is 0 Å². The molecule has 5 rings (SSSR count). The summed E-state index contributed by atoms with van der Waals surface area (Å²) in [5.41, 5.74) is 3.02. The number of aromatic nitrogens is 2. The van der Waals surface area contributed by atoms with Gasteiger partial charge in [-0.15, -0.1) is 0 Å². The summed E-state index contributed by atoms with van der Waals surface area (Å²) in [6, 6.07) is 17.5. The molecule has 0 radical (unpaired) electrons. The summed E-state index contributed by atoms with van der Waals surface area (Å²) in [6.07, 6.45) is 5.34. The number of benzene rings is 2. The largest absolute Gasteiger partial charge is 0.496 e. The van der Waals surface area contributed by atoms with E-state index in [0.717, 1.165) is 60.1 Å². The number of rotatable bonds is 7. The number of methoxy groups -OCH3 is 1. The first-order valence-corrected chi connectivity index (χ1v) is 12.0. The Morgan fingerprint density at radius 3 is 2.38 bits per heavy atom. The lowest BCUT2D eigenvalue weighted by molar-refractivity contribution is -0.118. The van der Waals surface area contributed by atoms with E-state index in [1.807, 2.05) is 61.5 Å². The first kappa shape index (κ1) is 22.2. The smallest absolute Gasteiger partial charge is 0.235 e. The van der Waals surface area contributed by atoms with Crippen LogP contribution in [0.4, 0.5) is 23.1 Å². The molecule has 2 aromatic carbocycles. The lowest BCUT2D eigenvalue weighted by atomic mass is 9.94. The molecule has 1 aliphatic carbocycles. The summed E-state index contributed by atoms with van der Waals surface area (Å²) in [7, 11) is 1.64. The highest BCUT2D eigenvalue weighted by molar-refractivity contribution is 6.02. The molecule has 7 nitrogen and oxygen atoms in total. The van der Waals surface area contributed by atoms with Crippen LogP contribution in [0.25, 0.3) is 0 Å². The molecule has 2 aliphatic rings. The minimum Gasteiger partial charge on any atom is -0.496 e. The number of anilines is 4. The van der Waals surface area contributed by atoms with Crippen LogP contribution >= 0.6 is 0 Å². The van der Waals surface area contributed by atoms with E-state index in [-0.39, 0.29) is 5.91 Å². The van der Waals surface area contributed by atoms with Gasteiger partial charge in [-0.2, -0.15) is 4.98 Å². The predicted molar refractivity (Wildman–Crippen MR) is 135 cm³/mol. The van der Waals surface area contributed by atoms with E-state index in [0.29, 0.717) is 5.95 Å². The first-order chi connectivity index (χ1) is 16.6. The van der Waals surface area contributed by atoms with Gasteiger partial charge in [0.1, 0.15) is 11.6 Å². The molecule has 2 N–H and O–H groups in total. The van der Waals surface area contributed by atoms with Gasteiger partial charge in [-0.25, -0.2) is 4.98 Å². The standard InChI is InChI=1S/C27H31N5O2/c1-19-18-24(32-16-6-3-7-17-32)31-26(28-19)30-21-12-10-20(11-13-21)29-25(33)27(14-15-27)22-8-4-5-9-23(22)34-2/h4-5,8-13,18H,3,6-7,14-17H2,1-2H3,(H,29,33)(H,28,30,31). The number of hydrogen-bond acceptors (Lipinski definition) is 6. The molecule has 0 spiro atoms. The Kier molecular flexibility index (Phi) is 6.09. The van der Waals surface area contributed by atoms with Crippen molar-refractivity contribution in [3.05, 3.63) is 65.9 Å². The van der Waals surface area contributed by atoms with Crippen molar-refractivity contribution < 1.29 is 9.53 Å². The van der Waals surface area contributed by atoms with Gasteiger partial charge in [-0.3, -0.25) is 4.79 Å². The normalized spacial score (nSPS) is 16.6. The Balaban J connectivity index is 1.27. The Labute approximate surface area is 200 Å². The number of piperidine rings is 1. The first-order valence-electron chi connectivity index (χ1n) is 12.0. The van der Waals surface area contributed by atoms with Crippen LogP contribution in [-0.2, 0) is 10.2 Å². The molecule has 0 unspecified atom stereocenters. The van der Waals surface area contributed by atoms with Crippen molar-refractivity contribution in [2.24, 2.45) is 0 Å². The van der Waals surface area contributed by atoms with Gasteiger partial charge < -0.3 is 20.3 Å². The number of carbonyl (C=O) groups excluding carboxylic acids is 1. The van der Waals surface area contributed by atoms with Gasteiger partial charge in [0.05, 0.1) is 12.5 Å². The minimum atomic E-state index is -0.510. The molecular weight excluding hydrogens is 426 g/mol. The van der Waals surface area contributed by atoms with Gasteiger partial charge in [0.25, 0.3) is 0 Å². The maximum atomic E-state index is 13.2. The third-order valence-electron chi connectivity index (χ3n) is 6.73. The van der Waals surface area contributed by atoms with Gasteiger partial charge in [0.15, 0.2) is 0 Å². The summed E-state index contributed by atoms with van der Waals surface area (Å²) >= 11 is 0. The summed E-state index contributed by atoms with van der Waals surface area (Å²) in [5.74, 6) is 2.33. The van der Waals surface area contributed by atoms with Crippen LogP contribution in [0.1, 0.15) is 43.4 Å². The SMILES string of the molecule is COc1ccccc1C1(C(=O)Nc2ccc(Nc3nc(C)cc(N4CCCCC4)n3)cc2)CC1. The second-order valence-corrected chi connectivity index (χ2v) is 9.18. The highest BCUT2D eigenvalue weighted by Crippen LogP contribution is 2.52. The van der Waals surface area contributed by atoms with Crippen molar-refractivity contribution >= 4 is 29.0 Å². The quantitative estimate of drug-likeness (QED) is 0.508. The van der Waals surface area contributed by atoms with Crippen LogP contribution in [0, 0.1) is 6.92 Å². The molecule has 1 aliphatic heterocycles. The molecule has 0 bridgehead atoms. The van der Waals surface area contributed by atoms with Crippen LogP contribution < -0.4 is 20.3 Å². The molecule has 176 valence electrons. The van der Waals surface area contributed by atoms with E-state index in [1.165, 1.54) is 19.3 Å². The number of nitrogens with one attached hydrogen (secondary N) is 2. The van der Waals surface area contributed by atoms with Crippen LogP contribution in [0.15, 0.2) is 54.6 Å². The average molecular weight is 458 g/mol. The molecule has 7 heteroatoms. The zero-order chi connectivity index (χ0) is 23.5. The highest BCUT2D eigenvalue weighted by atomic mass is 16.5. The van der Waals surface area contributed by atoms with Crippen LogP contribution in [0.5, 0.6) is 5.75 Å². The van der Waals surface area contributed by atoms with Gasteiger partial charge >= 0.3 is 0 Å². The number of para-hydroxylation sites is 1. The van der Waals surface area contributed by atoms with Crippen molar-refractivity contribution in [1.29, 1.82) is 0 Å². The Morgan fingerprint density at radius 1 is 0.971 bits per heavy atom. The zero-order valence-corrected chi connectivity index (χ0v) is 19.8. The Morgan fingerprint density at radius 2 is 1.68 bits per heavy atom. The van der Waals surface area contributed by atoms with Crippen LogP contribution in [-0.4, -0.2) is 36.1 Å². The molecule has 34 heavy (non-hydrogen) atoms. The molecular formula is C27H31N5O2. The molecule has 3 aromatic rings. The monoisotopic (exact) mass is 457 g/mol. The lowest BCUT2D eigenvalue weighted by Gasteiger charge is -2.28. The van der Waals surface area contributed by atoms with E-state index in [1.54, 1.807) is 7.11 Å². The topological polar surface area (TPSA) is 79.4 Å². The Bertz CT molecular complexity index is 1170. The van der Waals surface area contributed by atoms with Gasteiger partial charge in [0, 0.05) is 41.8 Å². The zero-order valence-electron chi connectivity index (χ0n) is 19.8. The third-order valence-corrected chi connectivity index (χ3v) is 6.73. The molecule has 1 saturated heterocycles. The molecule has 2 heterocycles. The van der Waals surface area contributed by atoms with Gasteiger partial charge in [-0.1, -0.05) is 18.2 Å². The summed E-state index contributed by atoms with van der Waals surface area (Å²) in [6.45, 7) is 4.08. The molecule has 1 aromatic heterocycles. The summed E-state index contributed by atoms with van der Waals surface area (Å²) < 4.78 is 5.50. The second kappa shape index (κ2) is 9.33. The highest BCUT2D eigenvalue weighted by Gasteiger charge is 2.52. The van der Waals surface area contributed by atoms with Crippen LogP contribution in [0.2, 0.25) is 0 Å². The van der Waals surface area contributed by atoms with E-state index in [9.17, 15) is 4.79 Å². The number of aryl methyl sites for hydroxylation is 1. The van der Waals surface area contributed by atoms with E-state index in [4.69, 9.17) is 9.72 Å². The van der Waals surface area contributed by atoms with Gasteiger partial charge in [0.2, 0.25) is 11.9 Å². The fourth-order valence-electron chi connectivity index (χ4n) is 4.69. The van der Waals surface area contributed by atoms with Crippen LogP contribution in [0.3, 0.4) is 0 Å². The Hall–Kier alpha value is -3.61. The summed E-state index contributed by atoms with van der Waals surface area (Å²) in [4.78, 5) is 24.8. The second-order valence-electron chi connectivity index (χ2n) is 9.18. The molecule has 1 saturated carbocycles. The average Bonchev–Trinajstić information content (AvgIpc) is 3.68. The van der Waals surface area contributed by atoms with Crippen molar-refractivity contribution in [2.75, 3.05) is 35.7 Å². The van der Waals surface area contributed by atoms with Crippen molar-refractivity contribution in [2.45, 2.75) is 44.4 Å². The number of carbonyl (C=O) groups is 1. The minimum absolute atomic E-state index is 0.00546. The maximum Gasteiger partial charge on any atom is 0.235 e. The fourth-order valence-corrected chi connectivity index (χ4v) is 4.69. The molecule has 1 amide bonds. The van der Waals surface area contributed by atoms with Crippen molar-refractivity contribution in [3.63, 3.8) is 0 Å². The third kappa shape index (κ3) is 4.55. The molecule has 2 fully saturated rings. The van der Waals surface area contributed by atoms with E-state index < -0.39 is 5.41 Å². The van der Waals surface area contributed by atoms with Crippen molar-refractivity contribution in [1.82, 2.24) is 9.97 Å². The van der Waals surface area contributed by atoms with Gasteiger partial charge in [-0.05, 0) is 69.4 Å². The maximum absolute atomic E-state index is 13.2. The molecule has 0 atom stereocenters. The predicted octanol–water partition coefficient (Wildman–Crippen LogP) is 5.20.